The molecule has 104 valence electrons. The van der Waals surface area contributed by atoms with Crippen LogP contribution in [0.3, 0.4) is 0 Å². The van der Waals surface area contributed by atoms with Gasteiger partial charge in [0, 0.05) is 0 Å². The molecule has 0 saturated carbocycles. The predicted molar refractivity (Wildman–Crippen MR) is 54.9 cm³/mol. The quantitative estimate of drug-likeness (QED) is 0.243. The highest BCUT2D eigenvalue weighted by Gasteiger charge is 2.59. The fourth-order valence-corrected chi connectivity index (χ4v) is 2.61. The maximum atomic E-state index is 10.8. The van der Waals surface area contributed by atoms with Crippen LogP contribution in [0.4, 0.5) is 0 Å². The topological polar surface area (TPSA) is 191 Å². The highest BCUT2D eigenvalue weighted by molar-refractivity contribution is 7.72. The van der Waals surface area contributed by atoms with E-state index in [1.807, 2.05) is 0 Å². The summed E-state index contributed by atoms with van der Waals surface area (Å²) in [5, 5.41) is 14.2. The molecule has 0 radical (unpaired) electrons. The summed E-state index contributed by atoms with van der Waals surface area (Å²) in [7, 11) is -11.0. The van der Waals surface area contributed by atoms with Gasteiger partial charge in [-0.05, 0) is 0 Å². The second-order valence-electron chi connectivity index (χ2n) is 3.32. The van der Waals surface area contributed by atoms with Crippen LogP contribution in [0.1, 0.15) is 0 Å². The summed E-state index contributed by atoms with van der Waals surface area (Å²) in [4.78, 5) is 34.8. The minimum absolute atomic E-state index is 0.432. The van der Waals surface area contributed by atoms with Gasteiger partial charge >= 0.3 is 15.2 Å². The number of ether oxygens (including phenoxy) is 1. The van der Waals surface area contributed by atoms with Crippen LogP contribution in [-0.4, -0.2) is 60.7 Å². The van der Waals surface area contributed by atoms with Gasteiger partial charge in [0.1, 0.15) is 0 Å². The van der Waals surface area contributed by atoms with Gasteiger partial charge in [-0.15, -0.1) is 0 Å². The Morgan fingerprint density at radius 1 is 1.18 bits per heavy atom. The van der Waals surface area contributed by atoms with Crippen molar-refractivity contribution >= 4 is 15.2 Å². The van der Waals surface area contributed by atoms with Gasteiger partial charge in [0.15, 0.2) is 0 Å². The second kappa shape index (κ2) is 5.85. The van der Waals surface area contributed by atoms with E-state index in [1.165, 1.54) is 0 Å². The molecule has 8 N–H and O–H groups in total. The molecular formula is C5H15NO9P2. The van der Waals surface area contributed by atoms with Crippen molar-refractivity contribution in [2.24, 2.45) is 5.73 Å². The average molecular weight is 295 g/mol. The Kier molecular flexibility index (Phi) is 5.90. The minimum Gasteiger partial charge on any atom is -0.395 e. The molecule has 10 nitrogen and oxygen atoms in total. The molecular weight excluding hydrogens is 280 g/mol. The van der Waals surface area contributed by atoms with E-state index >= 15 is 0 Å². The molecule has 12 heteroatoms. The van der Waals surface area contributed by atoms with Crippen molar-refractivity contribution in [1.82, 2.24) is 0 Å². The van der Waals surface area contributed by atoms with E-state index in [4.69, 9.17) is 30.4 Å². The van der Waals surface area contributed by atoms with E-state index in [0.29, 0.717) is 0 Å². The lowest BCUT2D eigenvalue weighted by atomic mass is 10.4. The van der Waals surface area contributed by atoms with Crippen molar-refractivity contribution in [1.29, 1.82) is 0 Å². The van der Waals surface area contributed by atoms with Gasteiger partial charge in [-0.2, -0.15) is 0 Å². The molecule has 0 rings (SSSR count). The molecule has 0 aromatic rings. The van der Waals surface area contributed by atoms with Crippen LogP contribution in [0, 0.1) is 0 Å². The van der Waals surface area contributed by atoms with Crippen molar-refractivity contribution in [2.45, 2.75) is 11.1 Å². The van der Waals surface area contributed by atoms with E-state index in [-0.39, 0.29) is 0 Å². The van der Waals surface area contributed by atoms with Crippen LogP contribution >= 0.6 is 15.2 Å². The van der Waals surface area contributed by atoms with Crippen molar-refractivity contribution in [2.75, 3.05) is 19.8 Å². The van der Waals surface area contributed by atoms with Gasteiger partial charge in [-0.3, -0.25) is 9.13 Å². The van der Waals surface area contributed by atoms with E-state index in [0.717, 1.165) is 0 Å². The Balaban J connectivity index is 4.78. The maximum Gasteiger partial charge on any atom is 0.371 e. The number of aliphatic hydroxyl groups excluding tert-OH is 1. The first-order chi connectivity index (χ1) is 7.45. The standard InChI is InChI=1S/C5H15NO9P2/c6-4(1-7)2-15-3-5(8,16(9,10)11)17(12,13)14/h4,7-8H,1-3,6H2,(H2,9,10,11)(H2,12,13,14)/t4-/m1/s1. The highest BCUT2D eigenvalue weighted by Crippen LogP contribution is 2.67. The summed E-state index contributed by atoms with van der Waals surface area (Å²) < 4.78 is 26.2. The largest absolute Gasteiger partial charge is 0.395 e. The SMILES string of the molecule is N[C@H](CO)COCC(O)(P(=O)(O)O)P(=O)(O)O. The smallest absolute Gasteiger partial charge is 0.371 e. The van der Waals surface area contributed by atoms with Crippen molar-refractivity contribution in [3.8, 4) is 0 Å². The molecule has 0 saturated heterocycles. The van der Waals surface area contributed by atoms with E-state index < -0.39 is 46.1 Å². The fraction of sp³-hybridized carbons (Fsp3) is 1.00. The zero-order valence-electron chi connectivity index (χ0n) is 8.58. The molecule has 1 atom stereocenters. The van der Waals surface area contributed by atoms with Gasteiger partial charge < -0.3 is 40.3 Å². The minimum atomic E-state index is -5.51. The Morgan fingerprint density at radius 3 is 1.88 bits per heavy atom. The number of rotatable bonds is 7. The summed E-state index contributed by atoms with van der Waals surface area (Å²) in [6.45, 7) is -2.24. The third-order valence-electron chi connectivity index (χ3n) is 1.80. The Bertz CT molecular complexity index is 312. The molecule has 0 amide bonds. The van der Waals surface area contributed by atoms with Crippen LogP contribution in [-0.2, 0) is 13.9 Å². The highest BCUT2D eigenvalue weighted by atomic mass is 31.2. The Morgan fingerprint density at radius 2 is 1.59 bits per heavy atom. The third kappa shape index (κ3) is 4.38. The first-order valence-electron chi connectivity index (χ1n) is 4.23. The van der Waals surface area contributed by atoms with E-state index in [1.54, 1.807) is 0 Å². The van der Waals surface area contributed by atoms with Gasteiger partial charge in [0.25, 0.3) is 5.08 Å². The molecule has 0 aliphatic rings. The second-order valence-corrected chi connectivity index (χ2v) is 7.33. The van der Waals surface area contributed by atoms with E-state index in [9.17, 15) is 14.2 Å². The monoisotopic (exact) mass is 295 g/mol. The molecule has 0 unspecified atom stereocenters. The van der Waals surface area contributed by atoms with Crippen molar-refractivity contribution in [3.05, 3.63) is 0 Å². The normalized spacial score (nSPS) is 15.9. The number of nitrogens with two attached hydrogens (primary N) is 1. The summed E-state index contributed by atoms with van der Waals surface area (Å²) >= 11 is 0. The summed E-state index contributed by atoms with van der Waals surface area (Å²) in [5.74, 6) is 0. The van der Waals surface area contributed by atoms with Crippen molar-refractivity contribution in [3.63, 3.8) is 0 Å². The molecule has 0 fully saturated rings. The summed E-state index contributed by atoms with van der Waals surface area (Å²) in [6, 6.07) is -0.896. The molecule has 0 aliphatic carbocycles. The van der Waals surface area contributed by atoms with Crippen LogP contribution < -0.4 is 5.73 Å². The lowest BCUT2D eigenvalue weighted by Crippen LogP contribution is -2.37. The Labute approximate surface area is 96.3 Å². The van der Waals surface area contributed by atoms with Crippen LogP contribution in [0.5, 0.6) is 0 Å². The van der Waals surface area contributed by atoms with Gasteiger partial charge in [-0.25, -0.2) is 0 Å². The summed E-state index contributed by atoms with van der Waals surface area (Å²) in [5.41, 5.74) is 5.18. The van der Waals surface area contributed by atoms with Gasteiger partial charge in [0.2, 0.25) is 0 Å². The third-order valence-corrected chi connectivity index (χ3v) is 5.48. The molecule has 0 spiro atoms. The lowest BCUT2D eigenvalue weighted by molar-refractivity contribution is 0.0155. The lowest BCUT2D eigenvalue weighted by Gasteiger charge is -2.29. The molecule has 0 aliphatic heterocycles. The predicted octanol–water partition coefficient (Wildman–Crippen LogP) is -2.68. The number of hydrogen-bond acceptors (Lipinski definition) is 6. The number of hydrogen-bond donors (Lipinski definition) is 7. The summed E-state index contributed by atoms with van der Waals surface area (Å²) in [6.07, 6.45) is 0. The zero-order valence-corrected chi connectivity index (χ0v) is 10.4. The first kappa shape index (κ1) is 17.1. The van der Waals surface area contributed by atoms with Crippen LogP contribution in [0.25, 0.3) is 0 Å². The first-order valence-corrected chi connectivity index (χ1v) is 7.46. The average Bonchev–Trinajstić information content (AvgIpc) is 2.13. The molecule has 0 aromatic heterocycles. The van der Waals surface area contributed by atoms with Crippen LogP contribution in [0.2, 0.25) is 0 Å². The molecule has 0 heterocycles. The van der Waals surface area contributed by atoms with Crippen molar-refractivity contribution < 1.29 is 43.7 Å². The van der Waals surface area contributed by atoms with E-state index in [2.05, 4.69) is 4.74 Å². The molecule has 0 bridgehead atoms. The molecule has 0 aromatic carbocycles. The zero-order chi connectivity index (χ0) is 13.9. The Hall–Kier alpha value is 0.140. The number of aliphatic hydroxyl groups is 2. The molecule has 17 heavy (non-hydrogen) atoms. The fourth-order valence-electron chi connectivity index (χ4n) is 0.738. The van der Waals surface area contributed by atoms with Crippen LogP contribution in [0.15, 0.2) is 0 Å². The van der Waals surface area contributed by atoms with Gasteiger partial charge in [-0.1, -0.05) is 0 Å². The maximum absolute atomic E-state index is 10.8. The van der Waals surface area contributed by atoms with Gasteiger partial charge in [0.05, 0.1) is 25.9 Å².